The number of phenols is 2. The Kier molecular flexibility index (Phi) is 3.71. The Bertz CT molecular complexity index is 735. The molecule has 2 aromatic rings. The third-order valence-electron chi connectivity index (χ3n) is 2.91. The lowest BCUT2D eigenvalue weighted by molar-refractivity contribution is -0.386. The normalized spacial score (nSPS) is 10.2. The molecule has 2 rings (SSSR count). The summed E-state index contributed by atoms with van der Waals surface area (Å²) in [5.74, 6) is -2.71. The van der Waals surface area contributed by atoms with Gasteiger partial charge in [-0.2, -0.15) is 0 Å². The van der Waals surface area contributed by atoms with Gasteiger partial charge in [0.2, 0.25) is 17.3 Å². The lowest BCUT2D eigenvalue weighted by atomic mass is 10.0. The highest BCUT2D eigenvalue weighted by Crippen LogP contribution is 2.35. The molecule has 0 saturated heterocycles. The molecule has 0 aliphatic heterocycles. The number of hydrogen-bond acceptors (Lipinski definition) is 7. The number of aromatic hydroxyl groups is 2. The highest BCUT2D eigenvalue weighted by Gasteiger charge is 2.26. The Balaban J connectivity index is 2.59. The van der Waals surface area contributed by atoms with E-state index in [0.717, 1.165) is 24.3 Å². The van der Waals surface area contributed by atoms with Crippen LogP contribution in [0.2, 0.25) is 0 Å². The van der Waals surface area contributed by atoms with Crippen molar-refractivity contribution in [3.63, 3.8) is 0 Å². The van der Waals surface area contributed by atoms with Crippen molar-refractivity contribution >= 4 is 17.2 Å². The van der Waals surface area contributed by atoms with Crippen LogP contribution in [0, 0.1) is 20.2 Å². The van der Waals surface area contributed by atoms with Crippen LogP contribution in [0.1, 0.15) is 15.9 Å². The minimum atomic E-state index is -0.970. The van der Waals surface area contributed by atoms with E-state index in [9.17, 15) is 35.2 Å². The number of carbonyl (C=O) groups excluding carboxylic acids is 1. The van der Waals surface area contributed by atoms with Gasteiger partial charge in [0.15, 0.2) is 0 Å². The number of nitro benzene ring substituents is 2. The van der Waals surface area contributed by atoms with Gasteiger partial charge in [-0.15, -0.1) is 0 Å². The molecule has 0 atom stereocenters. The van der Waals surface area contributed by atoms with Crippen molar-refractivity contribution in [2.24, 2.45) is 0 Å². The average Bonchev–Trinajstić information content (AvgIpc) is 2.46. The molecule has 22 heavy (non-hydrogen) atoms. The molecule has 9 heteroatoms. The Morgan fingerprint density at radius 3 is 1.50 bits per heavy atom. The van der Waals surface area contributed by atoms with Gasteiger partial charge in [-0.25, -0.2) is 0 Å². The van der Waals surface area contributed by atoms with Crippen LogP contribution >= 0.6 is 0 Å². The van der Waals surface area contributed by atoms with E-state index in [-0.39, 0.29) is 0 Å². The molecule has 0 unspecified atom stereocenters. The highest BCUT2D eigenvalue weighted by molar-refractivity contribution is 6.13. The van der Waals surface area contributed by atoms with Crippen LogP contribution in [0.25, 0.3) is 0 Å². The molecule has 0 aliphatic carbocycles. The summed E-state index contributed by atoms with van der Waals surface area (Å²) in [5, 5.41) is 41.0. The molecule has 0 saturated carbocycles. The second kappa shape index (κ2) is 5.48. The zero-order valence-electron chi connectivity index (χ0n) is 10.8. The van der Waals surface area contributed by atoms with Gasteiger partial charge < -0.3 is 10.2 Å². The first-order valence-electron chi connectivity index (χ1n) is 5.82. The van der Waals surface area contributed by atoms with Gasteiger partial charge >= 0.3 is 11.4 Å². The highest BCUT2D eigenvalue weighted by atomic mass is 16.6. The molecule has 0 aromatic heterocycles. The number of nitrogens with zero attached hydrogens (tertiary/aromatic N) is 2. The predicted molar refractivity (Wildman–Crippen MR) is 73.0 cm³/mol. The molecule has 0 fully saturated rings. The average molecular weight is 304 g/mol. The second-order valence-corrected chi connectivity index (χ2v) is 4.19. The van der Waals surface area contributed by atoms with Crippen molar-refractivity contribution in [3.05, 3.63) is 67.8 Å². The Hall–Kier alpha value is -3.49. The largest absolute Gasteiger partial charge is 0.502 e. The number of rotatable bonds is 4. The second-order valence-electron chi connectivity index (χ2n) is 4.19. The van der Waals surface area contributed by atoms with E-state index < -0.39 is 49.6 Å². The fraction of sp³-hybridized carbons (Fsp3) is 0. The Morgan fingerprint density at radius 2 is 1.18 bits per heavy atom. The van der Waals surface area contributed by atoms with Crippen molar-refractivity contribution in [2.75, 3.05) is 0 Å². The first-order chi connectivity index (χ1) is 10.3. The minimum Gasteiger partial charge on any atom is -0.502 e. The van der Waals surface area contributed by atoms with Gasteiger partial charge in [-0.3, -0.25) is 25.0 Å². The monoisotopic (exact) mass is 304 g/mol. The summed E-state index contributed by atoms with van der Waals surface area (Å²) in [6.07, 6.45) is 0. The van der Waals surface area contributed by atoms with E-state index >= 15 is 0 Å². The van der Waals surface area contributed by atoms with Gasteiger partial charge in [0, 0.05) is 12.1 Å². The first-order valence-corrected chi connectivity index (χ1v) is 5.82. The van der Waals surface area contributed by atoms with Crippen LogP contribution in [-0.4, -0.2) is 25.8 Å². The summed E-state index contributed by atoms with van der Waals surface area (Å²) in [6.45, 7) is 0. The SMILES string of the molecule is O=C(c1cccc([N+](=O)[O-])c1O)c1cccc([N+](=O)[O-])c1O. The third-order valence-corrected chi connectivity index (χ3v) is 2.91. The van der Waals surface area contributed by atoms with Gasteiger partial charge in [-0.05, 0) is 12.1 Å². The third kappa shape index (κ3) is 2.42. The summed E-state index contributed by atoms with van der Waals surface area (Å²) in [6, 6.07) is 6.59. The number of para-hydroxylation sites is 2. The van der Waals surface area contributed by atoms with Gasteiger partial charge in [-0.1, -0.05) is 12.1 Å². The van der Waals surface area contributed by atoms with Crippen LogP contribution < -0.4 is 0 Å². The van der Waals surface area contributed by atoms with E-state index in [0.29, 0.717) is 0 Å². The van der Waals surface area contributed by atoms with Crippen molar-refractivity contribution in [2.45, 2.75) is 0 Å². The van der Waals surface area contributed by atoms with Crippen molar-refractivity contribution in [1.29, 1.82) is 0 Å². The molecular weight excluding hydrogens is 296 g/mol. The van der Waals surface area contributed by atoms with Crippen LogP contribution in [0.3, 0.4) is 0 Å². The maximum Gasteiger partial charge on any atom is 0.311 e. The minimum absolute atomic E-state index is 0.440. The van der Waals surface area contributed by atoms with Crippen molar-refractivity contribution in [3.8, 4) is 11.5 Å². The van der Waals surface area contributed by atoms with Crippen LogP contribution in [-0.2, 0) is 0 Å². The number of benzene rings is 2. The first kappa shape index (κ1) is 14.9. The molecule has 0 bridgehead atoms. The number of ketones is 1. The predicted octanol–water partition coefficient (Wildman–Crippen LogP) is 2.15. The van der Waals surface area contributed by atoms with E-state index in [1.54, 1.807) is 0 Å². The van der Waals surface area contributed by atoms with Crippen LogP contribution in [0.5, 0.6) is 11.5 Å². The fourth-order valence-corrected chi connectivity index (χ4v) is 1.87. The van der Waals surface area contributed by atoms with Crippen molar-refractivity contribution < 1.29 is 24.9 Å². The smallest absolute Gasteiger partial charge is 0.311 e. The molecule has 0 aliphatic rings. The molecular formula is C13H8N2O7. The number of nitro groups is 2. The van der Waals surface area contributed by atoms with Crippen LogP contribution in [0.4, 0.5) is 11.4 Å². The molecule has 0 spiro atoms. The molecule has 0 radical (unpaired) electrons. The maximum absolute atomic E-state index is 12.3. The summed E-state index contributed by atoms with van der Waals surface area (Å²) in [5.41, 5.74) is -2.25. The maximum atomic E-state index is 12.3. The fourth-order valence-electron chi connectivity index (χ4n) is 1.87. The van der Waals surface area contributed by atoms with E-state index in [2.05, 4.69) is 0 Å². The Morgan fingerprint density at radius 1 is 0.818 bits per heavy atom. The number of hydrogen-bond donors (Lipinski definition) is 2. The molecule has 2 N–H and O–H groups in total. The molecule has 112 valence electrons. The topological polar surface area (TPSA) is 144 Å². The van der Waals surface area contributed by atoms with Gasteiger partial charge in [0.05, 0.1) is 21.0 Å². The standard InChI is InChI=1S/C13H8N2O7/c16-11(7-3-1-5-9(12(7)17)14(19)20)8-4-2-6-10(13(8)18)15(21)22/h1-6,17-18H. The quantitative estimate of drug-likeness (QED) is 0.500. The van der Waals surface area contributed by atoms with E-state index in [1.165, 1.54) is 12.1 Å². The van der Waals surface area contributed by atoms with Crippen molar-refractivity contribution in [1.82, 2.24) is 0 Å². The zero-order chi connectivity index (χ0) is 16.4. The molecule has 0 amide bonds. The number of phenolic OH excluding ortho intramolecular Hbond substituents is 2. The summed E-state index contributed by atoms with van der Waals surface area (Å²) in [7, 11) is 0. The number of carbonyl (C=O) groups is 1. The van der Waals surface area contributed by atoms with Crippen LogP contribution in [0.15, 0.2) is 36.4 Å². The lowest BCUT2D eigenvalue weighted by Crippen LogP contribution is -2.04. The summed E-state index contributed by atoms with van der Waals surface area (Å²) in [4.78, 5) is 32.0. The molecule has 9 nitrogen and oxygen atoms in total. The lowest BCUT2D eigenvalue weighted by Gasteiger charge is -2.06. The summed E-state index contributed by atoms with van der Waals surface area (Å²) < 4.78 is 0. The van der Waals surface area contributed by atoms with E-state index in [4.69, 9.17) is 0 Å². The summed E-state index contributed by atoms with van der Waals surface area (Å²) >= 11 is 0. The Labute approximate surface area is 122 Å². The van der Waals surface area contributed by atoms with Gasteiger partial charge in [0.1, 0.15) is 0 Å². The zero-order valence-corrected chi connectivity index (χ0v) is 10.8. The molecule has 2 aromatic carbocycles. The molecule has 0 heterocycles. The van der Waals surface area contributed by atoms with E-state index in [1.807, 2.05) is 0 Å². The van der Waals surface area contributed by atoms with Gasteiger partial charge in [0.25, 0.3) is 0 Å².